The Bertz CT molecular complexity index is 965. The van der Waals surface area contributed by atoms with Crippen molar-refractivity contribution in [2.24, 2.45) is 0 Å². The highest BCUT2D eigenvalue weighted by Gasteiger charge is 2.17. The van der Waals surface area contributed by atoms with Gasteiger partial charge in [-0.2, -0.15) is 0 Å². The molecule has 0 aliphatic rings. The lowest BCUT2D eigenvalue weighted by atomic mass is 10.0. The molecule has 0 aliphatic heterocycles. The number of carbonyl (C=O) groups excluding carboxylic acids is 2. The fourth-order valence-corrected chi connectivity index (χ4v) is 3.13. The van der Waals surface area contributed by atoms with Crippen LogP contribution in [0.2, 0.25) is 0 Å². The lowest BCUT2D eigenvalue weighted by molar-refractivity contribution is -0.135. The molecule has 0 fully saturated rings. The van der Waals surface area contributed by atoms with Crippen LogP contribution in [-0.2, 0) is 22.6 Å². The van der Waals surface area contributed by atoms with Crippen molar-refractivity contribution in [1.29, 1.82) is 0 Å². The maximum atomic E-state index is 12.9. The first kappa shape index (κ1) is 19.5. The number of hydrogen-bond acceptors (Lipinski definition) is 2. The van der Waals surface area contributed by atoms with E-state index in [4.69, 9.17) is 0 Å². The van der Waals surface area contributed by atoms with Gasteiger partial charge in [-0.1, -0.05) is 54.6 Å². The van der Waals surface area contributed by atoms with Crippen molar-refractivity contribution >= 4 is 22.6 Å². The number of fused-ring (bicyclic) bond motifs is 1. The number of carbonyl (C=O) groups is 2. The Morgan fingerprint density at radius 2 is 1.68 bits per heavy atom. The third kappa shape index (κ3) is 4.94. The Kier molecular flexibility index (Phi) is 6.37. The Morgan fingerprint density at radius 3 is 2.43 bits per heavy atom. The predicted octanol–water partition coefficient (Wildman–Crippen LogP) is 3.69. The molecule has 0 saturated heterocycles. The van der Waals surface area contributed by atoms with Crippen LogP contribution in [0.3, 0.4) is 0 Å². The van der Waals surface area contributed by atoms with E-state index in [0.29, 0.717) is 13.1 Å². The predicted molar refractivity (Wildman–Crippen MR) is 108 cm³/mol. The summed E-state index contributed by atoms with van der Waals surface area (Å²) in [6.45, 7) is 2.61. The van der Waals surface area contributed by atoms with E-state index in [2.05, 4.69) is 5.32 Å². The first-order valence-electron chi connectivity index (χ1n) is 9.32. The van der Waals surface area contributed by atoms with Gasteiger partial charge < -0.3 is 10.2 Å². The van der Waals surface area contributed by atoms with Gasteiger partial charge in [-0.3, -0.25) is 9.59 Å². The lowest BCUT2D eigenvalue weighted by Gasteiger charge is -2.21. The van der Waals surface area contributed by atoms with Gasteiger partial charge >= 0.3 is 0 Å². The van der Waals surface area contributed by atoms with Gasteiger partial charge in [0.2, 0.25) is 11.8 Å². The molecule has 0 saturated carbocycles. The van der Waals surface area contributed by atoms with Gasteiger partial charge in [0.25, 0.3) is 0 Å². The minimum atomic E-state index is -0.314. The largest absolute Gasteiger partial charge is 0.350 e. The number of nitrogens with zero attached hydrogens (tertiary/aromatic N) is 1. The summed E-state index contributed by atoms with van der Waals surface area (Å²) < 4.78 is 12.9. The maximum absolute atomic E-state index is 12.9. The molecule has 0 bridgehead atoms. The molecule has 4 nitrogen and oxygen atoms in total. The lowest BCUT2D eigenvalue weighted by Crippen LogP contribution is -2.41. The molecule has 1 N–H and O–H groups in total. The van der Waals surface area contributed by atoms with Crippen LogP contribution in [0.25, 0.3) is 10.8 Å². The number of hydrogen-bond donors (Lipinski definition) is 1. The van der Waals surface area contributed by atoms with Crippen LogP contribution in [0.15, 0.2) is 66.7 Å². The number of halogens is 1. The molecule has 5 heteroatoms. The number of benzene rings is 3. The van der Waals surface area contributed by atoms with E-state index in [1.54, 1.807) is 17.0 Å². The number of nitrogens with one attached hydrogen (secondary N) is 1. The second kappa shape index (κ2) is 9.13. The van der Waals surface area contributed by atoms with Crippen molar-refractivity contribution < 1.29 is 14.0 Å². The van der Waals surface area contributed by atoms with Gasteiger partial charge in [-0.25, -0.2) is 4.39 Å². The molecule has 3 aromatic carbocycles. The molecular weight excluding hydrogens is 355 g/mol. The minimum Gasteiger partial charge on any atom is -0.350 e. The van der Waals surface area contributed by atoms with Crippen molar-refractivity contribution in [3.8, 4) is 0 Å². The fourth-order valence-electron chi connectivity index (χ4n) is 3.13. The van der Waals surface area contributed by atoms with Gasteiger partial charge in [0.15, 0.2) is 0 Å². The molecular formula is C23H23FN2O2. The topological polar surface area (TPSA) is 49.4 Å². The highest BCUT2D eigenvalue weighted by molar-refractivity contribution is 5.91. The van der Waals surface area contributed by atoms with E-state index in [1.807, 2.05) is 49.4 Å². The summed E-state index contributed by atoms with van der Waals surface area (Å²) in [5.74, 6) is -0.639. The Hall–Kier alpha value is -3.21. The van der Waals surface area contributed by atoms with Gasteiger partial charge in [0.1, 0.15) is 5.82 Å². The normalized spacial score (nSPS) is 10.6. The number of likely N-dealkylation sites (N-methyl/N-ethyl adjacent to an activating group) is 1. The summed E-state index contributed by atoms with van der Waals surface area (Å²) in [6.07, 6.45) is 0.250. The molecule has 3 aromatic rings. The zero-order valence-corrected chi connectivity index (χ0v) is 15.8. The SMILES string of the molecule is CCN(CC(=O)NCc1ccc(F)cc1)C(=O)Cc1cccc2ccccc12. The van der Waals surface area contributed by atoms with Gasteiger partial charge in [0.05, 0.1) is 13.0 Å². The van der Waals surface area contributed by atoms with Gasteiger partial charge in [-0.15, -0.1) is 0 Å². The van der Waals surface area contributed by atoms with Crippen LogP contribution in [0.1, 0.15) is 18.1 Å². The Balaban J connectivity index is 1.59. The molecule has 0 aromatic heterocycles. The zero-order valence-electron chi connectivity index (χ0n) is 15.8. The summed E-state index contributed by atoms with van der Waals surface area (Å²) >= 11 is 0. The van der Waals surface area contributed by atoms with Crippen LogP contribution < -0.4 is 5.32 Å². The molecule has 0 aliphatic carbocycles. The van der Waals surface area contributed by atoms with E-state index in [0.717, 1.165) is 21.9 Å². The zero-order chi connectivity index (χ0) is 19.9. The van der Waals surface area contributed by atoms with Crippen LogP contribution in [-0.4, -0.2) is 29.8 Å². The van der Waals surface area contributed by atoms with Crippen LogP contribution >= 0.6 is 0 Å². The molecule has 0 heterocycles. The smallest absolute Gasteiger partial charge is 0.239 e. The molecule has 0 atom stereocenters. The number of amides is 2. The highest BCUT2D eigenvalue weighted by atomic mass is 19.1. The molecule has 0 spiro atoms. The van der Waals surface area contributed by atoms with Gasteiger partial charge in [-0.05, 0) is 41.0 Å². The highest BCUT2D eigenvalue weighted by Crippen LogP contribution is 2.19. The molecule has 0 radical (unpaired) electrons. The monoisotopic (exact) mass is 378 g/mol. The third-order valence-electron chi connectivity index (χ3n) is 4.69. The average Bonchev–Trinajstić information content (AvgIpc) is 2.71. The van der Waals surface area contributed by atoms with E-state index in [-0.39, 0.29) is 30.6 Å². The van der Waals surface area contributed by atoms with Crippen molar-refractivity contribution in [1.82, 2.24) is 10.2 Å². The number of rotatable bonds is 7. The minimum absolute atomic E-state index is 0.00128. The molecule has 144 valence electrons. The molecule has 28 heavy (non-hydrogen) atoms. The van der Waals surface area contributed by atoms with E-state index in [9.17, 15) is 14.0 Å². The first-order chi connectivity index (χ1) is 13.6. The second-order valence-corrected chi connectivity index (χ2v) is 6.63. The summed E-state index contributed by atoms with van der Waals surface area (Å²) in [7, 11) is 0. The van der Waals surface area contributed by atoms with Gasteiger partial charge in [0, 0.05) is 13.1 Å². The summed E-state index contributed by atoms with van der Waals surface area (Å²) in [5, 5.41) is 4.92. The van der Waals surface area contributed by atoms with E-state index < -0.39 is 0 Å². The standard InChI is InChI=1S/C23H23FN2O2/c1-2-26(16-22(27)25-15-17-10-12-20(24)13-11-17)23(28)14-19-8-5-7-18-6-3-4-9-21(18)19/h3-13H,2,14-16H2,1H3,(H,25,27). The summed E-state index contributed by atoms with van der Waals surface area (Å²) in [6, 6.07) is 19.8. The maximum Gasteiger partial charge on any atom is 0.239 e. The Labute approximate surface area is 164 Å². The average molecular weight is 378 g/mol. The van der Waals surface area contributed by atoms with Crippen molar-refractivity contribution in [2.45, 2.75) is 19.9 Å². The molecule has 2 amide bonds. The molecule has 3 rings (SSSR count). The fraction of sp³-hybridized carbons (Fsp3) is 0.217. The van der Waals surface area contributed by atoms with Crippen LogP contribution in [0.5, 0.6) is 0 Å². The van der Waals surface area contributed by atoms with Crippen LogP contribution in [0, 0.1) is 5.82 Å². The second-order valence-electron chi connectivity index (χ2n) is 6.63. The quantitative estimate of drug-likeness (QED) is 0.682. The third-order valence-corrected chi connectivity index (χ3v) is 4.69. The van der Waals surface area contributed by atoms with E-state index in [1.165, 1.54) is 12.1 Å². The van der Waals surface area contributed by atoms with Crippen molar-refractivity contribution in [3.63, 3.8) is 0 Å². The van der Waals surface area contributed by atoms with Crippen molar-refractivity contribution in [3.05, 3.63) is 83.7 Å². The first-order valence-corrected chi connectivity index (χ1v) is 9.32. The summed E-state index contributed by atoms with van der Waals surface area (Å²) in [5.41, 5.74) is 1.76. The van der Waals surface area contributed by atoms with E-state index >= 15 is 0 Å². The van der Waals surface area contributed by atoms with Crippen molar-refractivity contribution in [2.75, 3.05) is 13.1 Å². The summed E-state index contributed by atoms with van der Waals surface area (Å²) in [4.78, 5) is 26.5. The Morgan fingerprint density at radius 1 is 0.964 bits per heavy atom. The van der Waals surface area contributed by atoms with Crippen LogP contribution in [0.4, 0.5) is 4.39 Å². The molecule has 0 unspecified atom stereocenters.